The van der Waals surface area contributed by atoms with Gasteiger partial charge in [0.25, 0.3) is 0 Å². The third-order valence-corrected chi connectivity index (χ3v) is 3.87. The van der Waals surface area contributed by atoms with Crippen LogP contribution >= 0.6 is 0 Å². The van der Waals surface area contributed by atoms with Crippen LogP contribution in [-0.4, -0.2) is 45.2 Å². The van der Waals surface area contributed by atoms with Crippen LogP contribution in [0.25, 0.3) is 21.8 Å². The number of nitrogens with one attached hydrogen (secondary N) is 2. The van der Waals surface area contributed by atoms with E-state index in [0.717, 1.165) is 21.8 Å². The van der Waals surface area contributed by atoms with E-state index in [2.05, 4.69) is 9.97 Å². The third-order valence-electron chi connectivity index (χ3n) is 3.87. The number of para-hydroxylation sites is 2. The zero-order chi connectivity index (χ0) is 23.0. The molecule has 11 nitrogen and oxygen atoms in total. The number of hydrogen-bond acceptors (Lipinski definition) is 6. The second kappa shape index (κ2) is 11.4. The van der Waals surface area contributed by atoms with Crippen LogP contribution in [0.5, 0.6) is 0 Å². The van der Waals surface area contributed by atoms with Gasteiger partial charge in [0.15, 0.2) is 12.4 Å². The fourth-order valence-electron chi connectivity index (χ4n) is 2.67. The summed E-state index contributed by atoms with van der Waals surface area (Å²) >= 11 is 0. The number of carboxylic acids is 2. The van der Waals surface area contributed by atoms with Crippen molar-refractivity contribution in [3.8, 4) is 0 Å². The van der Waals surface area contributed by atoms with E-state index in [-0.39, 0.29) is 5.48 Å². The number of fused-ring (bicyclic) bond motifs is 2. The Balaban J connectivity index is 0.000000259. The smallest absolute Gasteiger partial charge is 0.336 e. The maximum atomic E-state index is 10.8. The lowest BCUT2D eigenvalue weighted by atomic mass is 10.1. The van der Waals surface area contributed by atoms with E-state index < -0.39 is 22.3 Å². The third kappa shape index (κ3) is 7.70. The Morgan fingerprint density at radius 3 is 1.31 bits per heavy atom. The number of carboxylic acid groups (broad SMARTS) is 2. The van der Waals surface area contributed by atoms with E-state index in [1.807, 2.05) is 36.4 Å². The van der Waals surface area contributed by atoms with E-state index in [1.165, 1.54) is 0 Å². The number of hydrogen-bond donors (Lipinski definition) is 2. The first-order chi connectivity index (χ1) is 14.6. The molecule has 0 saturated carbocycles. The molecule has 0 spiro atoms. The molecule has 0 aliphatic carbocycles. The Kier molecular flexibility index (Phi) is 9.31. The van der Waals surface area contributed by atoms with Gasteiger partial charge in [0, 0.05) is 34.7 Å². The van der Waals surface area contributed by atoms with E-state index in [4.69, 9.17) is 27.7 Å². The second-order valence-electron chi connectivity index (χ2n) is 5.89. The number of H-pyrrole nitrogens is 2. The molecule has 0 fully saturated rings. The molecule has 0 bridgehead atoms. The molecule has 4 aromatic rings. The summed E-state index contributed by atoms with van der Waals surface area (Å²) in [6, 6.07) is 17.8. The molecular formula is C20H18N2O9S. The fraction of sp³-hybridized carbons (Fsp3) is 0. The van der Waals surface area contributed by atoms with Gasteiger partial charge < -0.3 is 24.8 Å². The average molecular weight is 462 g/mol. The summed E-state index contributed by atoms with van der Waals surface area (Å²) < 4.78 is 34.1. The highest BCUT2D eigenvalue weighted by molar-refractivity contribution is 7.79. The molecule has 0 amide bonds. The van der Waals surface area contributed by atoms with Crippen LogP contribution in [0, 0.1) is 0 Å². The fourth-order valence-corrected chi connectivity index (χ4v) is 2.67. The molecule has 2 aromatic carbocycles. The van der Waals surface area contributed by atoms with Crippen LogP contribution in [0.3, 0.4) is 0 Å². The Hall–Kier alpha value is -3.97. The highest BCUT2D eigenvalue weighted by Crippen LogP contribution is 2.14. The maximum Gasteiger partial charge on any atom is 0.336 e. The van der Waals surface area contributed by atoms with Gasteiger partial charge in [0.2, 0.25) is 11.0 Å². The normalized spacial score (nSPS) is 10.1. The van der Waals surface area contributed by atoms with Gasteiger partial charge >= 0.3 is 11.9 Å². The van der Waals surface area contributed by atoms with E-state index in [9.17, 15) is 9.59 Å². The minimum absolute atomic E-state index is 0. The monoisotopic (exact) mass is 462 g/mol. The Morgan fingerprint density at radius 2 is 1.00 bits per heavy atom. The number of aromatic amines is 2. The highest BCUT2D eigenvalue weighted by Gasteiger charge is 2.11. The lowest BCUT2D eigenvalue weighted by molar-refractivity contribution is -0.345. The standard InChI is InChI=1S/2C10H7NO2.H2O4S.H2O/c2*12-10(13)8-5-6-11-9-4-2-1-3-7(8)9;1-5(2,3)4;/h2*1-6H,(H,12,13);(H2,1,2,3,4);1H2. The minimum Gasteiger partial charge on any atom is -0.759 e. The molecule has 2 heterocycles. The molecule has 0 aliphatic heterocycles. The van der Waals surface area contributed by atoms with Crippen LogP contribution in [-0.2, 0) is 10.4 Å². The first-order valence-corrected chi connectivity index (χ1v) is 9.83. The molecule has 168 valence electrons. The van der Waals surface area contributed by atoms with Crippen LogP contribution in [0.1, 0.15) is 20.7 Å². The summed E-state index contributed by atoms with van der Waals surface area (Å²) in [6.07, 6.45) is 3.26. The predicted molar refractivity (Wildman–Crippen MR) is 109 cm³/mol. The molecule has 12 heteroatoms. The minimum atomic E-state index is -5.17. The van der Waals surface area contributed by atoms with Gasteiger partial charge in [0.05, 0.1) is 21.9 Å². The largest absolute Gasteiger partial charge is 0.759 e. The summed E-state index contributed by atoms with van der Waals surface area (Å²) in [5.41, 5.74) is 2.33. The molecule has 32 heavy (non-hydrogen) atoms. The Bertz CT molecular complexity index is 1230. The van der Waals surface area contributed by atoms with Crippen LogP contribution in [0.2, 0.25) is 0 Å². The van der Waals surface area contributed by atoms with Crippen LogP contribution in [0.4, 0.5) is 0 Å². The summed E-state index contributed by atoms with van der Waals surface area (Å²) in [5, 5.41) is 19.2. The van der Waals surface area contributed by atoms with Gasteiger partial charge in [-0.25, -0.2) is 19.6 Å². The van der Waals surface area contributed by atoms with Gasteiger partial charge in [-0.05, 0) is 12.1 Å². The van der Waals surface area contributed by atoms with Gasteiger partial charge in [-0.2, -0.15) is 0 Å². The van der Waals surface area contributed by atoms with Crippen molar-refractivity contribution in [2.24, 2.45) is 0 Å². The van der Waals surface area contributed by atoms with E-state index >= 15 is 0 Å². The highest BCUT2D eigenvalue weighted by atomic mass is 32.3. The van der Waals surface area contributed by atoms with Gasteiger partial charge in [0.1, 0.15) is 0 Å². The Labute approximate surface area is 181 Å². The van der Waals surface area contributed by atoms with Gasteiger partial charge in [-0.1, -0.05) is 24.3 Å². The Morgan fingerprint density at radius 1 is 0.688 bits per heavy atom. The molecule has 0 atom stereocenters. The SMILES string of the molecule is O.O=C(O)c1cc[nH+]c2ccccc12.O=C(O)c1cc[nH+]c2ccccc12.O=S(=O)([O-])[O-]. The summed E-state index contributed by atoms with van der Waals surface area (Å²) in [6.45, 7) is 0. The number of aromatic nitrogens is 2. The number of aromatic carboxylic acids is 2. The molecule has 6 N–H and O–H groups in total. The summed E-state index contributed by atoms with van der Waals surface area (Å²) in [4.78, 5) is 27.6. The molecule has 4 rings (SSSR count). The summed E-state index contributed by atoms with van der Waals surface area (Å²) in [7, 11) is -5.17. The van der Waals surface area contributed by atoms with Crippen molar-refractivity contribution in [3.05, 3.63) is 84.2 Å². The van der Waals surface area contributed by atoms with Crippen molar-refractivity contribution in [2.45, 2.75) is 0 Å². The lowest BCUT2D eigenvalue weighted by Gasteiger charge is -2.06. The van der Waals surface area contributed by atoms with Crippen molar-refractivity contribution in [1.29, 1.82) is 0 Å². The molecule has 0 saturated heterocycles. The second-order valence-corrected chi connectivity index (χ2v) is 6.71. The van der Waals surface area contributed by atoms with Crippen LogP contribution in [0.15, 0.2) is 73.1 Å². The van der Waals surface area contributed by atoms with E-state index in [0.29, 0.717) is 11.1 Å². The number of pyridine rings is 2. The average Bonchev–Trinajstić information content (AvgIpc) is 2.72. The number of carbonyl (C=O) groups is 2. The molecule has 0 aliphatic rings. The lowest BCUT2D eigenvalue weighted by Crippen LogP contribution is -2.06. The van der Waals surface area contributed by atoms with Gasteiger partial charge in [-0.3, -0.25) is 8.42 Å². The zero-order valence-electron chi connectivity index (χ0n) is 16.2. The van der Waals surface area contributed by atoms with Crippen molar-refractivity contribution in [3.63, 3.8) is 0 Å². The topological polar surface area (TPSA) is 215 Å². The molecule has 0 unspecified atom stereocenters. The van der Waals surface area contributed by atoms with Crippen molar-refractivity contribution >= 4 is 44.1 Å². The molecule has 0 radical (unpaired) electrons. The predicted octanol–water partition coefficient (Wildman–Crippen LogP) is 0.542. The number of rotatable bonds is 2. The zero-order valence-corrected chi connectivity index (χ0v) is 17.0. The first kappa shape index (κ1) is 26.1. The quantitative estimate of drug-likeness (QED) is 0.316. The van der Waals surface area contributed by atoms with Crippen molar-refractivity contribution in [2.75, 3.05) is 0 Å². The molecular weight excluding hydrogens is 444 g/mol. The van der Waals surface area contributed by atoms with Crippen molar-refractivity contribution in [1.82, 2.24) is 0 Å². The van der Waals surface area contributed by atoms with Gasteiger partial charge in [-0.15, -0.1) is 0 Å². The number of benzene rings is 2. The maximum absolute atomic E-state index is 10.8. The molecule has 2 aromatic heterocycles. The van der Waals surface area contributed by atoms with Crippen molar-refractivity contribution < 1.29 is 52.8 Å². The van der Waals surface area contributed by atoms with Crippen LogP contribution < -0.4 is 9.97 Å². The first-order valence-electron chi connectivity index (χ1n) is 8.50. The summed E-state index contributed by atoms with van der Waals surface area (Å²) in [5.74, 6) is -1.80. The van der Waals surface area contributed by atoms with E-state index in [1.54, 1.807) is 36.7 Å².